The second-order valence-electron chi connectivity index (χ2n) is 5.07. The van der Waals surface area contributed by atoms with Crippen molar-refractivity contribution >= 4 is 0 Å². The third-order valence-corrected chi connectivity index (χ3v) is 3.79. The van der Waals surface area contributed by atoms with E-state index in [1.54, 1.807) is 7.11 Å². The van der Waals surface area contributed by atoms with E-state index in [4.69, 9.17) is 4.74 Å². The lowest BCUT2D eigenvalue weighted by Gasteiger charge is -2.21. The molecule has 98 valence electrons. The number of ether oxygens (including phenoxy) is 1. The Morgan fingerprint density at radius 1 is 1.11 bits per heavy atom. The molecule has 0 fully saturated rings. The SMILES string of the molecule is COc1ccc(C)cc1-c1cccc2c1CNCC2. The van der Waals surface area contributed by atoms with E-state index in [2.05, 4.69) is 48.6 Å². The molecular formula is C17H19NO. The van der Waals surface area contributed by atoms with Gasteiger partial charge in [-0.2, -0.15) is 0 Å². The third kappa shape index (κ3) is 2.24. The number of hydrogen-bond acceptors (Lipinski definition) is 2. The number of rotatable bonds is 2. The van der Waals surface area contributed by atoms with Gasteiger partial charge in [0.05, 0.1) is 7.11 Å². The van der Waals surface area contributed by atoms with Crippen LogP contribution in [0.3, 0.4) is 0 Å². The van der Waals surface area contributed by atoms with Gasteiger partial charge in [-0.3, -0.25) is 0 Å². The van der Waals surface area contributed by atoms with Crippen LogP contribution in [-0.4, -0.2) is 13.7 Å². The maximum Gasteiger partial charge on any atom is 0.126 e. The smallest absolute Gasteiger partial charge is 0.126 e. The van der Waals surface area contributed by atoms with Crippen LogP contribution in [0.4, 0.5) is 0 Å². The molecule has 0 saturated carbocycles. The van der Waals surface area contributed by atoms with Crippen LogP contribution >= 0.6 is 0 Å². The van der Waals surface area contributed by atoms with Gasteiger partial charge in [0.2, 0.25) is 0 Å². The van der Waals surface area contributed by atoms with Crippen molar-refractivity contribution in [1.82, 2.24) is 5.32 Å². The highest BCUT2D eigenvalue weighted by Gasteiger charge is 2.16. The molecule has 0 unspecified atom stereocenters. The fraction of sp³-hybridized carbons (Fsp3) is 0.294. The minimum atomic E-state index is 0.947. The van der Waals surface area contributed by atoms with Gasteiger partial charge in [0.25, 0.3) is 0 Å². The standard InChI is InChI=1S/C17H19NO/c1-12-6-7-17(19-2)15(10-12)14-5-3-4-13-8-9-18-11-16(13)14/h3-7,10,18H,8-9,11H2,1-2H3. The molecule has 3 rings (SSSR count). The van der Waals surface area contributed by atoms with Gasteiger partial charge in [0.1, 0.15) is 5.75 Å². The molecule has 1 heterocycles. The van der Waals surface area contributed by atoms with Gasteiger partial charge in [-0.1, -0.05) is 29.8 Å². The lowest BCUT2D eigenvalue weighted by molar-refractivity contribution is 0.416. The Bertz CT molecular complexity index is 604. The van der Waals surface area contributed by atoms with Crippen LogP contribution in [0.2, 0.25) is 0 Å². The van der Waals surface area contributed by atoms with Crippen LogP contribution in [0.1, 0.15) is 16.7 Å². The average Bonchev–Trinajstić information content (AvgIpc) is 2.46. The van der Waals surface area contributed by atoms with Crippen molar-refractivity contribution < 1.29 is 4.74 Å². The molecule has 2 heteroatoms. The largest absolute Gasteiger partial charge is 0.496 e. The third-order valence-electron chi connectivity index (χ3n) is 3.79. The van der Waals surface area contributed by atoms with Crippen LogP contribution < -0.4 is 10.1 Å². The van der Waals surface area contributed by atoms with Gasteiger partial charge >= 0.3 is 0 Å². The maximum atomic E-state index is 5.53. The summed E-state index contributed by atoms with van der Waals surface area (Å²) in [5, 5.41) is 3.46. The minimum Gasteiger partial charge on any atom is -0.496 e. The van der Waals surface area contributed by atoms with Crippen molar-refractivity contribution in [3.8, 4) is 16.9 Å². The second kappa shape index (κ2) is 5.06. The Hall–Kier alpha value is -1.80. The lowest BCUT2D eigenvalue weighted by atomic mass is 9.91. The summed E-state index contributed by atoms with van der Waals surface area (Å²) >= 11 is 0. The number of methoxy groups -OCH3 is 1. The van der Waals surface area contributed by atoms with Crippen molar-refractivity contribution in [1.29, 1.82) is 0 Å². The monoisotopic (exact) mass is 253 g/mol. The highest BCUT2D eigenvalue weighted by molar-refractivity contribution is 5.75. The summed E-state index contributed by atoms with van der Waals surface area (Å²) in [6, 6.07) is 13.0. The van der Waals surface area contributed by atoms with Gasteiger partial charge in [0.15, 0.2) is 0 Å². The molecule has 0 radical (unpaired) electrons. The Labute approximate surface area is 114 Å². The van der Waals surface area contributed by atoms with Crippen LogP contribution in [0.15, 0.2) is 36.4 Å². The van der Waals surface area contributed by atoms with E-state index >= 15 is 0 Å². The number of hydrogen-bond donors (Lipinski definition) is 1. The van der Waals surface area contributed by atoms with Gasteiger partial charge in [-0.15, -0.1) is 0 Å². The predicted molar refractivity (Wildman–Crippen MR) is 78.6 cm³/mol. The summed E-state index contributed by atoms with van der Waals surface area (Å²) in [5.74, 6) is 0.949. The number of aryl methyl sites for hydroxylation is 1. The first-order valence-corrected chi connectivity index (χ1v) is 6.76. The molecular weight excluding hydrogens is 234 g/mol. The molecule has 19 heavy (non-hydrogen) atoms. The fourth-order valence-electron chi connectivity index (χ4n) is 2.80. The zero-order valence-electron chi connectivity index (χ0n) is 11.5. The van der Waals surface area contributed by atoms with Crippen LogP contribution in [-0.2, 0) is 13.0 Å². The lowest BCUT2D eigenvalue weighted by Crippen LogP contribution is -2.24. The molecule has 0 saturated heterocycles. The zero-order chi connectivity index (χ0) is 13.2. The second-order valence-corrected chi connectivity index (χ2v) is 5.07. The van der Waals surface area contributed by atoms with Gasteiger partial charge in [-0.05, 0) is 48.7 Å². The molecule has 0 aliphatic carbocycles. The molecule has 0 atom stereocenters. The topological polar surface area (TPSA) is 21.3 Å². The van der Waals surface area contributed by atoms with Crippen molar-refractivity contribution in [3.05, 3.63) is 53.1 Å². The highest BCUT2D eigenvalue weighted by Crippen LogP contribution is 2.35. The summed E-state index contributed by atoms with van der Waals surface area (Å²) in [6.07, 6.45) is 1.11. The normalized spacial score (nSPS) is 14.0. The maximum absolute atomic E-state index is 5.53. The molecule has 0 bridgehead atoms. The predicted octanol–water partition coefficient (Wildman–Crippen LogP) is 3.32. The number of benzene rings is 2. The number of nitrogens with one attached hydrogen (secondary N) is 1. The van der Waals surface area contributed by atoms with Gasteiger partial charge in [-0.25, -0.2) is 0 Å². The van der Waals surface area contributed by atoms with Crippen LogP contribution in [0, 0.1) is 6.92 Å². The Morgan fingerprint density at radius 2 is 2.00 bits per heavy atom. The molecule has 2 aromatic carbocycles. The van der Waals surface area contributed by atoms with E-state index in [0.29, 0.717) is 0 Å². The van der Waals surface area contributed by atoms with Crippen LogP contribution in [0.5, 0.6) is 5.75 Å². The van der Waals surface area contributed by atoms with E-state index in [1.165, 1.54) is 27.8 Å². The van der Waals surface area contributed by atoms with E-state index in [0.717, 1.165) is 25.3 Å². The summed E-state index contributed by atoms with van der Waals surface area (Å²) in [6.45, 7) is 4.14. The molecule has 2 nitrogen and oxygen atoms in total. The van der Waals surface area contributed by atoms with Crippen molar-refractivity contribution in [2.75, 3.05) is 13.7 Å². The molecule has 2 aromatic rings. The van der Waals surface area contributed by atoms with E-state index < -0.39 is 0 Å². The first-order valence-electron chi connectivity index (χ1n) is 6.76. The highest BCUT2D eigenvalue weighted by atomic mass is 16.5. The summed E-state index contributed by atoms with van der Waals surface area (Å²) < 4.78 is 5.53. The minimum absolute atomic E-state index is 0.947. The van der Waals surface area contributed by atoms with Gasteiger partial charge in [0, 0.05) is 12.1 Å². The van der Waals surface area contributed by atoms with Crippen LogP contribution in [0.25, 0.3) is 11.1 Å². The fourth-order valence-corrected chi connectivity index (χ4v) is 2.80. The van der Waals surface area contributed by atoms with E-state index in [-0.39, 0.29) is 0 Å². The Kier molecular flexibility index (Phi) is 3.26. The van der Waals surface area contributed by atoms with Gasteiger partial charge < -0.3 is 10.1 Å². The van der Waals surface area contributed by atoms with Crippen molar-refractivity contribution in [2.45, 2.75) is 19.9 Å². The molecule has 1 N–H and O–H groups in total. The summed E-state index contributed by atoms with van der Waals surface area (Å²) in [5.41, 5.74) is 6.63. The first-order chi connectivity index (χ1) is 9.29. The van der Waals surface area contributed by atoms with E-state index in [9.17, 15) is 0 Å². The number of fused-ring (bicyclic) bond motifs is 1. The van der Waals surface area contributed by atoms with E-state index in [1.807, 2.05) is 0 Å². The Balaban J connectivity index is 2.19. The quantitative estimate of drug-likeness (QED) is 0.886. The zero-order valence-corrected chi connectivity index (χ0v) is 11.5. The molecule has 0 aromatic heterocycles. The average molecular weight is 253 g/mol. The van der Waals surface area contributed by atoms with Crippen molar-refractivity contribution in [3.63, 3.8) is 0 Å². The van der Waals surface area contributed by atoms with Crippen molar-refractivity contribution in [2.24, 2.45) is 0 Å². The summed E-state index contributed by atoms with van der Waals surface area (Å²) in [4.78, 5) is 0. The Morgan fingerprint density at radius 3 is 2.84 bits per heavy atom. The molecule has 1 aliphatic rings. The molecule has 0 spiro atoms. The molecule has 1 aliphatic heterocycles. The molecule has 0 amide bonds. The summed E-state index contributed by atoms with van der Waals surface area (Å²) in [7, 11) is 1.74. The first kappa shape index (κ1) is 12.2.